The van der Waals surface area contributed by atoms with Crippen LogP contribution in [0.1, 0.15) is 55.0 Å². The van der Waals surface area contributed by atoms with Crippen LogP contribution in [0.4, 0.5) is 0 Å². The number of benzene rings is 2. The summed E-state index contributed by atoms with van der Waals surface area (Å²) in [6, 6.07) is 17.8. The third-order valence-corrected chi connectivity index (χ3v) is 5.89. The van der Waals surface area contributed by atoms with Crippen LogP contribution in [0, 0.1) is 18.8 Å². The fourth-order valence-corrected chi connectivity index (χ4v) is 3.83. The van der Waals surface area contributed by atoms with Gasteiger partial charge in [0, 0.05) is 6.04 Å². The Balaban J connectivity index is 2.06. The van der Waals surface area contributed by atoms with E-state index in [0.29, 0.717) is 17.9 Å². The molecule has 2 aromatic rings. The number of hydrogen-bond donors (Lipinski definition) is 1. The van der Waals surface area contributed by atoms with Crippen LogP contribution in [0.3, 0.4) is 0 Å². The molecule has 0 bridgehead atoms. The summed E-state index contributed by atoms with van der Waals surface area (Å²) in [5, 5.41) is 3.49. The molecule has 2 aromatic carbocycles. The average molecular weight is 362 g/mol. The van der Waals surface area contributed by atoms with Gasteiger partial charge in [-0.2, -0.15) is 0 Å². The van der Waals surface area contributed by atoms with Gasteiger partial charge in [-0.1, -0.05) is 87.2 Å². The summed E-state index contributed by atoms with van der Waals surface area (Å²) in [6.45, 7) is 15.2. The fraction of sp³-hybridized carbons (Fsp3) is 0.385. The minimum atomic E-state index is 0.339. The van der Waals surface area contributed by atoms with Crippen molar-refractivity contribution in [3.63, 3.8) is 0 Å². The molecule has 144 valence electrons. The van der Waals surface area contributed by atoms with Crippen LogP contribution in [-0.4, -0.2) is 7.05 Å². The van der Waals surface area contributed by atoms with Crippen molar-refractivity contribution in [3.8, 4) is 0 Å². The summed E-state index contributed by atoms with van der Waals surface area (Å²) in [6.07, 6.45) is 5.17. The lowest BCUT2D eigenvalue weighted by atomic mass is 9.80. The molecule has 0 heterocycles. The van der Waals surface area contributed by atoms with Crippen molar-refractivity contribution in [1.82, 2.24) is 5.32 Å². The van der Waals surface area contributed by atoms with E-state index in [1.807, 2.05) is 13.1 Å². The van der Waals surface area contributed by atoms with Crippen LogP contribution in [0.5, 0.6) is 0 Å². The van der Waals surface area contributed by atoms with Gasteiger partial charge in [-0.25, -0.2) is 0 Å². The summed E-state index contributed by atoms with van der Waals surface area (Å²) >= 11 is 0. The first-order valence-electron chi connectivity index (χ1n) is 10.1. The maximum Gasteiger partial charge on any atom is 0.0323 e. The lowest BCUT2D eigenvalue weighted by Gasteiger charge is -2.27. The minimum Gasteiger partial charge on any atom is -0.313 e. The molecule has 0 spiro atoms. The zero-order valence-corrected chi connectivity index (χ0v) is 17.5. The third kappa shape index (κ3) is 5.68. The monoisotopic (exact) mass is 361 g/mol. The van der Waals surface area contributed by atoms with E-state index in [0.717, 1.165) is 24.8 Å². The van der Waals surface area contributed by atoms with E-state index in [4.69, 9.17) is 0 Å². The molecule has 27 heavy (non-hydrogen) atoms. The average Bonchev–Trinajstić information content (AvgIpc) is 2.70. The molecule has 0 saturated heterocycles. The van der Waals surface area contributed by atoms with E-state index in [1.54, 1.807) is 0 Å². The van der Waals surface area contributed by atoms with Crippen molar-refractivity contribution >= 4 is 6.08 Å². The van der Waals surface area contributed by atoms with E-state index in [9.17, 15) is 0 Å². The number of nitrogens with one attached hydrogen (secondary N) is 1. The van der Waals surface area contributed by atoms with Gasteiger partial charge >= 0.3 is 0 Å². The Morgan fingerprint density at radius 2 is 1.78 bits per heavy atom. The zero-order valence-electron chi connectivity index (χ0n) is 17.5. The maximum absolute atomic E-state index is 4.52. The molecule has 3 atom stereocenters. The SMILES string of the molecule is C=Cc1ccc(C(CC(C)C(=C)C(CC)Cc2ccccc2C)NC)cc1. The quantitative estimate of drug-likeness (QED) is 0.461. The molecule has 0 aliphatic carbocycles. The second-order valence-corrected chi connectivity index (χ2v) is 7.66. The highest BCUT2D eigenvalue weighted by Gasteiger charge is 2.21. The fourth-order valence-electron chi connectivity index (χ4n) is 3.83. The summed E-state index contributed by atoms with van der Waals surface area (Å²) in [5.41, 5.74) is 6.70. The molecule has 0 fully saturated rings. The van der Waals surface area contributed by atoms with Crippen molar-refractivity contribution in [3.05, 3.63) is 89.5 Å². The predicted molar refractivity (Wildman–Crippen MR) is 120 cm³/mol. The summed E-state index contributed by atoms with van der Waals surface area (Å²) in [4.78, 5) is 0. The molecule has 1 nitrogen and oxygen atoms in total. The largest absolute Gasteiger partial charge is 0.313 e. The first kappa shape index (κ1) is 21.2. The number of rotatable bonds is 10. The van der Waals surface area contributed by atoms with Gasteiger partial charge in [0.05, 0.1) is 0 Å². The van der Waals surface area contributed by atoms with Gasteiger partial charge in [-0.15, -0.1) is 0 Å². The van der Waals surface area contributed by atoms with Crippen LogP contribution in [-0.2, 0) is 6.42 Å². The van der Waals surface area contributed by atoms with Crippen LogP contribution in [0.15, 0.2) is 67.3 Å². The van der Waals surface area contributed by atoms with E-state index < -0.39 is 0 Å². The van der Waals surface area contributed by atoms with Crippen LogP contribution in [0.25, 0.3) is 6.08 Å². The standard InChI is InChI=1S/C26H35N/c1-7-22-13-15-24(16-14-22)26(27-6)17-20(4)21(5)23(8-2)18-25-12-10-9-11-19(25)3/h7,9-16,20,23,26-27H,1,5,8,17-18H2,2-4,6H3. The Labute approximate surface area is 166 Å². The van der Waals surface area contributed by atoms with Gasteiger partial charge in [0.25, 0.3) is 0 Å². The van der Waals surface area contributed by atoms with Gasteiger partial charge in [0.1, 0.15) is 0 Å². The molecule has 0 saturated carbocycles. The molecule has 0 aliphatic heterocycles. The minimum absolute atomic E-state index is 0.339. The molecule has 0 aliphatic rings. The smallest absolute Gasteiger partial charge is 0.0323 e. The summed E-state index contributed by atoms with van der Waals surface area (Å²) in [7, 11) is 2.05. The maximum atomic E-state index is 4.52. The second kappa shape index (κ2) is 10.3. The van der Waals surface area contributed by atoms with E-state index in [2.05, 4.69) is 87.8 Å². The van der Waals surface area contributed by atoms with Crippen LogP contribution < -0.4 is 5.32 Å². The van der Waals surface area contributed by atoms with E-state index in [-0.39, 0.29) is 0 Å². The van der Waals surface area contributed by atoms with Crippen molar-refractivity contribution in [2.75, 3.05) is 7.05 Å². The lowest BCUT2D eigenvalue weighted by Crippen LogP contribution is -2.22. The topological polar surface area (TPSA) is 12.0 Å². The molecule has 1 N–H and O–H groups in total. The Hall–Kier alpha value is -2.12. The van der Waals surface area contributed by atoms with Gasteiger partial charge in [0.2, 0.25) is 0 Å². The third-order valence-electron chi connectivity index (χ3n) is 5.89. The van der Waals surface area contributed by atoms with Crippen molar-refractivity contribution < 1.29 is 0 Å². The molecule has 0 aromatic heterocycles. The highest BCUT2D eigenvalue weighted by atomic mass is 14.9. The van der Waals surface area contributed by atoms with E-state index in [1.165, 1.54) is 22.3 Å². The van der Waals surface area contributed by atoms with E-state index >= 15 is 0 Å². The Bertz CT molecular complexity index is 741. The zero-order chi connectivity index (χ0) is 19.8. The van der Waals surface area contributed by atoms with Crippen LogP contribution in [0.2, 0.25) is 0 Å². The highest BCUT2D eigenvalue weighted by Crippen LogP contribution is 2.32. The number of allylic oxidation sites excluding steroid dienone is 1. The molecule has 1 heteroatoms. The molecule has 0 amide bonds. The van der Waals surface area contributed by atoms with Gasteiger partial charge in [-0.3, -0.25) is 0 Å². The number of hydrogen-bond acceptors (Lipinski definition) is 1. The lowest BCUT2D eigenvalue weighted by molar-refractivity contribution is 0.427. The van der Waals surface area contributed by atoms with Gasteiger partial charge in [0.15, 0.2) is 0 Å². The molecule has 3 unspecified atom stereocenters. The molecule has 0 radical (unpaired) electrons. The number of aryl methyl sites for hydroxylation is 1. The van der Waals surface area contributed by atoms with Gasteiger partial charge in [-0.05, 0) is 67.3 Å². The Kier molecular flexibility index (Phi) is 8.06. The summed E-state index contributed by atoms with van der Waals surface area (Å²) < 4.78 is 0. The Morgan fingerprint density at radius 3 is 2.33 bits per heavy atom. The first-order valence-corrected chi connectivity index (χ1v) is 10.1. The predicted octanol–water partition coefficient (Wildman–Crippen LogP) is 6.75. The highest BCUT2D eigenvalue weighted by molar-refractivity contribution is 5.47. The molecular weight excluding hydrogens is 326 g/mol. The normalized spacial score (nSPS) is 14.4. The van der Waals surface area contributed by atoms with Crippen molar-refractivity contribution in [2.45, 2.75) is 46.1 Å². The first-order chi connectivity index (χ1) is 13.0. The molecular formula is C26H35N. The second-order valence-electron chi connectivity index (χ2n) is 7.66. The summed E-state index contributed by atoms with van der Waals surface area (Å²) in [5.74, 6) is 0.997. The van der Waals surface area contributed by atoms with Crippen LogP contribution >= 0.6 is 0 Å². The van der Waals surface area contributed by atoms with Crippen molar-refractivity contribution in [2.24, 2.45) is 11.8 Å². The van der Waals surface area contributed by atoms with Crippen molar-refractivity contribution in [1.29, 1.82) is 0 Å². The van der Waals surface area contributed by atoms with Gasteiger partial charge < -0.3 is 5.32 Å². The Morgan fingerprint density at radius 1 is 1.11 bits per heavy atom. The molecule has 2 rings (SSSR count).